The molecule has 113 valence electrons. The molecule has 0 aromatic rings. The molecule has 0 saturated heterocycles. The second kappa shape index (κ2) is 17.7. The molecular weight excluding hydrogens is 228 g/mol. The molecular formula is C19H37. The summed E-state index contributed by atoms with van der Waals surface area (Å²) in [4.78, 5) is 0. The van der Waals surface area contributed by atoms with Crippen LogP contribution < -0.4 is 0 Å². The molecule has 0 aliphatic heterocycles. The number of allylic oxidation sites excluding steroid dienone is 2. The Balaban J connectivity index is 3.01. The highest BCUT2D eigenvalue weighted by Gasteiger charge is 1.90. The van der Waals surface area contributed by atoms with Gasteiger partial charge in [-0.15, -0.1) is 0 Å². The Morgan fingerprint density at radius 2 is 1.00 bits per heavy atom. The topological polar surface area (TPSA) is 0 Å². The van der Waals surface area contributed by atoms with E-state index in [0.717, 1.165) is 6.42 Å². The molecule has 0 aliphatic rings. The van der Waals surface area contributed by atoms with Crippen molar-refractivity contribution < 1.29 is 0 Å². The third-order valence-electron chi connectivity index (χ3n) is 3.76. The lowest BCUT2D eigenvalue weighted by Gasteiger charge is -1.99. The van der Waals surface area contributed by atoms with Gasteiger partial charge in [-0.1, -0.05) is 96.6 Å². The first-order chi connectivity index (χ1) is 9.41. The summed E-state index contributed by atoms with van der Waals surface area (Å²) < 4.78 is 0. The van der Waals surface area contributed by atoms with E-state index in [9.17, 15) is 0 Å². The average molecular weight is 266 g/mol. The summed E-state index contributed by atoms with van der Waals surface area (Å²) in [5, 5.41) is 0. The number of hydrogen-bond donors (Lipinski definition) is 0. The van der Waals surface area contributed by atoms with E-state index >= 15 is 0 Å². The van der Waals surface area contributed by atoms with Crippen molar-refractivity contribution in [3.63, 3.8) is 0 Å². The molecule has 0 bridgehead atoms. The number of unbranched alkanes of at least 4 members (excludes halogenated alkanes) is 13. The van der Waals surface area contributed by atoms with Gasteiger partial charge in [0.25, 0.3) is 0 Å². The van der Waals surface area contributed by atoms with Crippen LogP contribution in [0.5, 0.6) is 0 Å². The van der Waals surface area contributed by atoms with Crippen molar-refractivity contribution in [2.24, 2.45) is 0 Å². The number of hydrogen-bond acceptors (Lipinski definition) is 0. The van der Waals surface area contributed by atoms with Gasteiger partial charge in [0.05, 0.1) is 0 Å². The van der Waals surface area contributed by atoms with Crippen molar-refractivity contribution in [1.29, 1.82) is 0 Å². The van der Waals surface area contributed by atoms with Gasteiger partial charge in [-0.25, -0.2) is 0 Å². The molecule has 0 atom stereocenters. The first-order valence-corrected chi connectivity index (χ1v) is 8.86. The van der Waals surface area contributed by atoms with Gasteiger partial charge in [0.2, 0.25) is 0 Å². The van der Waals surface area contributed by atoms with Gasteiger partial charge in [0, 0.05) is 0 Å². The normalized spacial score (nSPS) is 11.5. The Bertz CT molecular complexity index is 169. The molecule has 0 amide bonds. The van der Waals surface area contributed by atoms with Crippen LogP contribution in [0.3, 0.4) is 0 Å². The largest absolute Gasteiger partial charge is 0.0885 e. The lowest BCUT2D eigenvalue weighted by Crippen LogP contribution is -1.79. The van der Waals surface area contributed by atoms with Crippen LogP contribution >= 0.6 is 0 Å². The SMILES string of the molecule is [CH2]CCCCCCCC=CCCCCCCCCC. The van der Waals surface area contributed by atoms with Crippen LogP contribution in [-0.4, -0.2) is 0 Å². The fraction of sp³-hybridized carbons (Fsp3) is 0.842. The highest BCUT2D eigenvalue weighted by atomic mass is 14.0. The summed E-state index contributed by atoms with van der Waals surface area (Å²) in [7, 11) is 0. The van der Waals surface area contributed by atoms with Gasteiger partial charge in [0.1, 0.15) is 0 Å². The van der Waals surface area contributed by atoms with Crippen LogP contribution in [0.4, 0.5) is 0 Å². The van der Waals surface area contributed by atoms with Gasteiger partial charge in [-0.05, 0) is 25.7 Å². The Labute approximate surface area is 123 Å². The molecule has 0 heterocycles. The Morgan fingerprint density at radius 3 is 1.47 bits per heavy atom. The molecule has 0 nitrogen and oxygen atoms in total. The van der Waals surface area contributed by atoms with E-state index in [1.54, 1.807) is 0 Å². The summed E-state index contributed by atoms with van der Waals surface area (Å²) in [6.45, 7) is 6.16. The first kappa shape index (κ1) is 18.7. The minimum atomic E-state index is 1.11. The fourth-order valence-corrected chi connectivity index (χ4v) is 2.42. The third kappa shape index (κ3) is 17.7. The molecule has 0 rings (SSSR count). The highest BCUT2D eigenvalue weighted by Crippen LogP contribution is 2.10. The second-order valence-electron chi connectivity index (χ2n) is 5.79. The zero-order valence-corrected chi connectivity index (χ0v) is 13.5. The van der Waals surface area contributed by atoms with Gasteiger partial charge >= 0.3 is 0 Å². The van der Waals surface area contributed by atoms with Crippen LogP contribution in [0.2, 0.25) is 0 Å². The molecule has 19 heavy (non-hydrogen) atoms. The van der Waals surface area contributed by atoms with Crippen molar-refractivity contribution in [2.45, 2.75) is 103 Å². The maximum Gasteiger partial charge on any atom is -0.0351 e. The molecule has 0 unspecified atom stereocenters. The van der Waals surface area contributed by atoms with Gasteiger partial charge in [0.15, 0.2) is 0 Å². The lowest BCUT2D eigenvalue weighted by molar-refractivity contribution is 0.591. The van der Waals surface area contributed by atoms with Crippen molar-refractivity contribution in [3.8, 4) is 0 Å². The van der Waals surface area contributed by atoms with Gasteiger partial charge in [-0.3, -0.25) is 0 Å². The van der Waals surface area contributed by atoms with E-state index in [-0.39, 0.29) is 0 Å². The summed E-state index contributed by atoms with van der Waals surface area (Å²) in [5.41, 5.74) is 0. The molecule has 0 aliphatic carbocycles. The third-order valence-corrected chi connectivity index (χ3v) is 3.76. The quantitative estimate of drug-likeness (QED) is 0.216. The van der Waals surface area contributed by atoms with Crippen molar-refractivity contribution >= 4 is 0 Å². The van der Waals surface area contributed by atoms with Gasteiger partial charge < -0.3 is 0 Å². The van der Waals surface area contributed by atoms with E-state index in [1.165, 1.54) is 89.9 Å². The lowest BCUT2D eigenvalue weighted by atomic mass is 10.1. The van der Waals surface area contributed by atoms with Crippen LogP contribution in [0, 0.1) is 6.92 Å². The Morgan fingerprint density at radius 1 is 0.579 bits per heavy atom. The zero-order chi connectivity index (χ0) is 14.0. The van der Waals surface area contributed by atoms with Gasteiger partial charge in [-0.2, -0.15) is 0 Å². The van der Waals surface area contributed by atoms with E-state index < -0.39 is 0 Å². The molecule has 0 fully saturated rings. The van der Waals surface area contributed by atoms with Crippen LogP contribution in [0.15, 0.2) is 12.2 Å². The summed E-state index contributed by atoms with van der Waals surface area (Å²) in [6, 6.07) is 0. The van der Waals surface area contributed by atoms with Crippen molar-refractivity contribution in [3.05, 3.63) is 19.1 Å². The van der Waals surface area contributed by atoms with Crippen LogP contribution in [-0.2, 0) is 0 Å². The van der Waals surface area contributed by atoms with Crippen molar-refractivity contribution in [1.82, 2.24) is 0 Å². The molecule has 0 N–H and O–H groups in total. The molecule has 0 spiro atoms. The maximum atomic E-state index is 3.88. The Kier molecular flexibility index (Phi) is 17.5. The minimum Gasteiger partial charge on any atom is -0.0885 e. The fourth-order valence-electron chi connectivity index (χ4n) is 2.42. The monoisotopic (exact) mass is 265 g/mol. The molecule has 0 saturated carbocycles. The highest BCUT2D eigenvalue weighted by molar-refractivity contribution is 4.81. The summed E-state index contributed by atoms with van der Waals surface area (Å²) in [6.07, 6.45) is 25.3. The van der Waals surface area contributed by atoms with Crippen LogP contribution in [0.25, 0.3) is 0 Å². The smallest absolute Gasteiger partial charge is 0.0351 e. The average Bonchev–Trinajstić information content (AvgIpc) is 2.43. The zero-order valence-electron chi connectivity index (χ0n) is 13.5. The predicted octanol–water partition coefficient (Wildman–Crippen LogP) is 7.25. The van der Waals surface area contributed by atoms with E-state index in [4.69, 9.17) is 0 Å². The Hall–Kier alpha value is -0.260. The molecule has 0 aromatic carbocycles. The molecule has 0 aromatic heterocycles. The van der Waals surface area contributed by atoms with E-state index in [2.05, 4.69) is 26.0 Å². The molecule has 1 radical (unpaired) electrons. The first-order valence-electron chi connectivity index (χ1n) is 8.86. The molecule has 0 heteroatoms. The number of rotatable bonds is 15. The van der Waals surface area contributed by atoms with E-state index in [1.807, 2.05) is 0 Å². The second-order valence-corrected chi connectivity index (χ2v) is 5.79. The summed E-state index contributed by atoms with van der Waals surface area (Å²) in [5.74, 6) is 0. The summed E-state index contributed by atoms with van der Waals surface area (Å²) >= 11 is 0. The maximum absolute atomic E-state index is 3.88. The standard InChI is InChI=1S/C19H37/c1-3-5-7-9-11-13-15-17-19-18-16-14-12-10-8-6-4-2/h17,19H,1,3-16,18H2,2H3. The van der Waals surface area contributed by atoms with Crippen molar-refractivity contribution in [2.75, 3.05) is 0 Å². The minimum absolute atomic E-state index is 1.11. The van der Waals surface area contributed by atoms with E-state index in [0.29, 0.717) is 0 Å². The predicted molar refractivity (Wildman–Crippen MR) is 89.4 cm³/mol. The van der Waals surface area contributed by atoms with Crippen LogP contribution in [0.1, 0.15) is 103 Å².